The Labute approximate surface area is 168 Å². The van der Waals surface area contributed by atoms with E-state index >= 15 is 0 Å². The molecule has 7 nitrogen and oxygen atoms in total. The Bertz CT molecular complexity index is 1000. The lowest BCUT2D eigenvalue weighted by Crippen LogP contribution is -2.24. The molecule has 0 aliphatic carbocycles. The predicted octanol–water partition coefficient (Wildman–Crippen LogP) is 3.24. The van der Waals surface area contributed by atoms with E-state index in [0.717, 1.165) is 0 Å². The molecule has 0 N–H and O–H groups in total. The topological polar surface area (TPSA) is 80.3 Å². The maximum Gasteiger partial charge on any atom is 0.379 e. The fraction of sp³-hybridized carbons (Fsp3) is 0.182. The summed E-state index contributed by atoms with van der Waals surface area (Å²) in [5, 5.41) is 0. The summed E-state index contributed by atoms with van der Waals surface area (Å²) in [4.78, 5) is 25.5. The molecule has 0 bridgehead atoms. The Hall–Kier alpha value is -3.74. The fourth-order valence-electron chi connectivity index (χ4n) is 2.92. The SMILES string of the molecule is COC1=C(c2ccc(OC)cc2)C(=O)/C(=C/c2ccc(OC)c(OC)c2)OC1=O. The Morgan fingerprint density at radius 3 is 2.07 bits per heavy atom. The van der Waals surface area contributed by atoms with Crippen LogP contribution in [0, 0.1) is 0 Å². The average molecular weight is 396 g/mol. The van der Waals surface area contributed by atoms with Crippen LogP contribution in [-0.2, 0) is 19.1 Å². The highest BCUT2D eigenvalue weighted by Crippen LogP contribution is 2.33. The van der Waals surface area contributed by atoms with Gasteiger partial charge >= 0.3 is 5.97 Å². The van der Waals surface area contributed by atoms with Crippen LogP contribution in [0.25, 0.3) is 11.6 Å². The van der Waals surface area contributed by atoms with Crippen LogP contribution in [0.5, 0.6) is 17.2 Å². The normalized spacial score (nSPS) is 15.2. The number of esters is 1. The van der Waals surface area contributed by atoms with E-state index in [-0.39, 0.29) is 17.1 Å². The van der Waals surface area contributed by atoms with Crippen LogP contribution in [0.4, 0.5) is 0 Å². The van der Waals surface area contributed by atoms with Crippen molar-refractivity contribution in [3.8, 4) is 17.2 Å². The molecule has 0 radical (unpaired) electrons. The lowest BCUT2D eigenvalue weighted by atomic mass is 9.96. The molecule has 1 heterocycles. The number of ether oxygens (including phenoxy) is 5. The summed E-state index contributed by atoms with van der Waals surface area (Å²) in [6.45, 7) is 0. The second-order valence-electron chi connectivity index (χ2n) is 5.98. The van der Waals surface area contributed by atoms with Crippen molar-refractivity contribution in [2.24, 2.45) is 0 Å². The molecular weight excluding hydrogens is 376 g/mol. The molecule has 0 amide bonds. The number of carbonyl (C=O) groups is 2. The molecule has 150 valence electrons. The quantitative estimate of drug-likeness (QED) is 0.548. The van der Waals surface area contributed by atoms with Gasteiger partial charge in [-0.25, -0.2) is 4.79 Å². The van der Waals surface area contributed by atoms with Gasteiger partial charge in [-0.1, -0.05) is 18.2 Å². The smallest absolute Gasteiger partial charge is 0.379 e. The number of rotatable bonds is 6. The van der Waals surface area contributed by atoms with Crippen molar-refractivity contribution in [3.63, 3.8) is 0 Å². The number of carbonyl (C=O) groups excluding carboxylic acids is 2. The van der Waals surface area contributed by atoms with Crippen LogP contribution >= 0.6 is 0 Å². The molecule has 0 spiro atoms. The van der Waals surface area contributed by atoms with E-state index < -0.39 is 11.8 Å². The summed E-state index contributed by atoms with van der Waals surface area (Å²) in [5.74, 6) is 0.173. The summed E-state index contributed by atoms with van der Waals surface area (Å²) in [5.41, 5.74) is 1.24. The number of hydrogen-bond donors (Lipinski definition) is 0. The van der Waals surface area contributed by atoms with E-state index in [1.807, 2.05) is 0 Å². The molecule has 1 aliphatic rings. The minimum atomic E-state index is -0.746. The van der Waals surface area contributed by atoms with Crippen molar-refractivity contribution in [1.82, 2.24) is 0 Å². The van der Waals surface area contributed by atoms with E-state index in [2.05, 4.69) is 0 Å². The van der Waals surface area contributed by atoms with E-state index in [1.165, 1.54) is 27.4 Å². The Morgan fingerprint density at radius 1 is 0.793 bits per heavy atom. The van der Waals surface area contributed by atoms with Crippen LogP contribution in [0.3, 0.4) is 0 Å². The summed E-state index contributed by atoms with van der Waals surface area (Å²) >= 11 is 0. The zero-order valence-electron chi connectivity index (χ0n) is 16.5. The Kier molecular flexibility index (Phi) is 5.87. The second-order valence-corrected chi connectivity index (χ2v) is 5.98. The lowest BCUT2D eigenvalue weighted by molar-refractivity contribution is -0.142. The molecular formula is C22H20O7. The highest BCUT2D eigenvalue weighted by Gasteiger charge is 2.35. The monoisotopic (exact) mass is 396 g/mol. The van der Waals surface area contributed by atoms with Gasteiger partial charge in [0.15, 0.2) is 17.3 Å². The lowest BCUT2D eigenvalue weighted by Gasteiger charge is -2.20. The number of cyclic esters (lactones) is 1. The Morgan fingerprint density at radius 2 is 1.48 bits per heavy atom. The third kappa shape index (κ3) is 3.94. The number of allylic oxidation sites excluding steroid dienone is 1. The summed E-state index contributed by atoms with van der Waals surface area (Å²) < 4.78 is 26.0. The van der Waals surface area contributed by atoms with Crippen LogP contribution in [0.1, 0.15) is 11.1 Å². The molecule has 0 atom stereocenters. The first kappa shape index (κ1) is 20.0. The average Bonchev–Trinajstić information content (AvgIpc) is 2.75. The maximum atomic E-state index is 13.1. The molecule has 0 saturated heterocycles. The standard InChI is InChI=1S/C22H20O7/c1-25-15-8-6-14(7-9-15)19-20(23)18(29-22(24)21(19)28-4)12-13-5-10-16(26-2)17(11-13)27-3/h5-12H,1-4H3/b18-12-. The molecule has 3 rings (SSSR count). The first-order valence-electron chi connectivity index (χ1n) is 8.65. The molecule has 0 saturated carbocycles. The third-order valence-electron chi connectivity index (χ3n) is 4.35. The molecule has 0 unspecified atom stereocenters. The third-order valence-corrected chi connectivity index (χ3v) is 4.35. The zero-order chi connectivity index (χ0) is 21.0. The zero-order valence-corrected chi connectivity index (χ0v) is 16.5. The fourth-order valence-corrected chi connectivity index (χ4v) is 2.92. The molecule has 2 aromatic rings. The van der Waals surface area contributed by atoms with Crippen molar-refractivity contribution in [2.75, 3.05) is 28.4 Å². The van der Waals surface area contributed by atoms with Crippen LogP contribution < -0.4 is 14.2 Å². The largest absolute Gasteiger partial charge is 0.497 e. The molecule has 2 aromatic carbocycles. The first-order valence-corrected chi connectivity index (χ1v) is 8.65. The van der Waals surface area contributed by atoms with Crippen molar-refractivity contribution in [1.29, 1.82) is 0 Å². The van der Waals surface area contributed by atoms with Crippen molar-refractivity contribution in [3.05, 3.63) is 65.1 Å². The van der Waals surface area contributed by atoms with Crippen LogP contribution in [0.2, 0.25) is 0 Å². The van der Waals surface area contributed by atoms with E-state index in [4.69, 9.17) is 23.7 Å². The molecule has 0 fully saturated rings. The number of methoxy groups -OCH3 is 4. The molecule has 1 aliphatic heterocycles. The Balaban J connectivity index is 2.05. The number of benzene rings is 2. The van der Waals surface area contributed by atoms with E-state index in [9.17, 15) is 9.59 Å². The number of ketones is 1. The van der Waals surface area contributed by atoms with Gasteiger partial charge in [0.25, 0.3) is 0 Å². The van der Waals surface area contributed by atoms with Crippen LogP contribution in [0.15, 0.2) is 54.0 Å². The maximum absolute atomic E-state index is 13.1. The van der Waals surface area contributed by atoms with Gasteiger partial charge in [0, 0.05) is 0 Å². The summed E-state index contributed by atoms with van der Waals surface area (Å²) in [7, 11) is 5.90. The predicted molar refractivity (Wildman–Crippen MR) is 106 cm³/mol. The van der Waals surface area contributed by atoms with E-state index in [1.54, 1.807) is 49.6 Å². The van der Waals surface area contributed by atoms with Gasteiger partial charge in [0.05, 0.1) is 34.0 Å². The molecule has 0 aromatic heterocycles. The van der Waals surface area contributed by atoms with Gasteiger partial charge in [-0.05, 0) is 41.5 Å². The molecule has 29 heavy (non-hydrogen) atoms. The van der Waals surface area contributed by atoms with Gasteiger partial charge < -0.3 is 23.7 Å². The highest BCUT2D eigenvalue weighted by atomic mass is 16.6. The van der Waals surface area contributed by atoms with Crippen molar-refractivity contribution < 1.29 is 33.3 Å². The summed E-state index contributed by atoms with van der Waals surface area (Å²) in [6.07, 6.45) is 1.47. The summed E-state index contributed by atoms with van der Waals surface area (Å²) in [6, 6.07) is 11.8. The second kappa shape index (κ2) is 8.52. The van der Waals surface area contributed by atoms with Gasteiger partial charge in [0.2, 0.25) is 11.5 Å². The number of hydrogen-bond acceptors (Lipinski definition) is 7. The van der Waals surface area contributed by atoms with Gasteiger partial charge in [-0.15, -0.1) is 0 Å². The van der Waals surface area contributed by atoms with E-state index in [0.29, 0.717) is 28.4 Å². The van der Waals surface area contributed by atoms with Gasteiger partial charge in [-0.2, -0.15) is 0 Å². The minimum absolute atomic E-state index is 0.117. The first-order chi connectivity index (χ1) is 14.0. The number of Topliss-reactive ketones (excluding diaryl/α,β-unsaturated/α-hetero) is 1. The van der Waals surface area contributed by atoms with Gasteiger partial charge in [-0.3, -0.25) is 4.79 Å². The highest BCUT2D eigenvalue weighted by molar-refractivity contribution is 6.35. The minimum Gasteiger partial charge on any atom is -0.497 e. The van der Waals surface area contributed by atoms with Crippen LogP contribution in [-0.4, -0.2) is 40.2 Å². The van der Waals surface area contributed by atoms with Gasteiger partial charge in [0.1, 0.15) is 5.75 Å². The molecule has 7 heteroatoms. The van der Waals surface area contributed by atoms with Crippen molar-refractivity contribution >= 4 is 23.4 Å². The van der Waals surface area contributed by atoms with Crippen molar-refractivity contribution in [2.45, 2.75) is 0 Å².